The predicted molar refractivity (Wildman–Crippen MR) is 83.5 cm³/mol. The number of nitrogens with zero attached hydrogens (tertiary/aromatic N) is 3. The zero-order valence-electron chi connectivity index (χ0n) is 12.1. The van der Waals surface area contributed by atoms with Gasteiger partial charge in [-0.3, -0.25) is 4.68 Å². The number of hydrogen-bond acceptors (Lipinski definition) is 2. The zero-order valence-corrected chi connectivity index (χ0v) is 12.9. The Morgan fingerprint density at radius 1 is 1.25 bits per heavy atom. The Morgan fingerprint density at radius 3 is 2.50 bits per heavy atom. The van der Waals surface area contributed by atoms with E-state index in [-0.39, 0.29) is 5.41 Å². The van der Waals surface area contributed by atoms with Crippen molar-refractivity contribution < 1.29 is 0 Å². The molecule has 106 valence electrons. The lowest BCUT2D eigenvalue weighted by Gasteiger charge is -2.28. The first-order valence-corrected chi connectivity index (χ1v) is 7.09. The lowest BCUT2D eigenvalue weighted by molar-refractivity contribution is 0.256. The summed E-state index contributed by atoms with van der Waals surface area (Å²) in [5, 5.41) is 4.95. The maximum atomic E-state index is 5.90. The van der Waals surface area contributed by atoms with Crippen LogP contribution in [0.3, 0.4) is 0 Å². The largest absolute Gasteiger partial charge is 0.252 e. The summed E-state index contributed by atoms with van der Waals surface area (Å²) in [7, 11) is 0. The molecular formula is C16H20ClN3. The molecule has 0 saturated carbocycles. The minimum atomic E-state index is 0.162. The number of hydrogen-bond donors (Lipinski definition) is 0. The van der Waals surface area contributed by atoms with E-state index in [9.17, 15) is 0 Å². The summed E-state index contributed by atoms with van der Waals surface area (Å²) in [6.45, 7) is 7.54. The molecule has 0 aliphatic heterocycles. The minimum absolute atomic E-state index is 0.162. The molecule has 0 N–H and O–H groups in total. The van der Waals surface area contributed by atoms with Crippen molar-refractivity contribution in [3.8, 4) is 0 Å². The molecule has 1 atom stereocenters. The van der Waals surface area contributed by atoms with Crippen LogP contribution in [0.1, 0.15) is 26.3 Å². The Hall–Kier alpha value is -1.61. The van der Waals surface area contributed by atoms with Crippen LogP contribution < -0.4 is 0 Å². The van der Waals surface area contributed by atoms with Crippen LogP contribution in [0.4, 0.5) is 0 Å². The molecule has 0 saturated heterocycles. The topological polar surface area (TPSA) is 30.7 Å². The molecule has 0 fully saturated rings. The zero-order chi connectivity index (χ0) is 14.6. The van der Waals surface area contributed by atoms with Crippen molar-refractivity contribution in [2.24, 2.45) is 11.3 Å². The van der Waals surface area contributed by atoms with E-state index in [1.54, 1.807) is 12.7 Å². The molecule has 0 amide bonds. The normalized spacial score (nSPS) is 13.8. The first kappa shape index (κ1) is 14.8. The summed E-state index contributed by atoms with van der Waals surface area (Å²) in [6, 6.07) is 7.86. The molecule has 1 heterocycles. The Kier molecular flexibility index (Phi) is 4.61. The van der Waals surface area contributed by atoms with Crippen LogP contribution in [0.15, 0.2) is 43.0 Å². The summed E-state index contributed by atoms with van der Waals surface area (Å²) in [6.07, 6.45) is 7.71. The predicted octanol–water partition coefficient (Wildman–Crippen LogP) is 4.31. The molecule has 0 radical (unpaired) electrons. The highest BCUT2D eigenvalue weighted by Gasteiger charge is 2.22. The molecule has 1 aromatic carbocycles. The smallest absolute Gasteiger partial charge is 0.137 e. The fraction of sp³-hybridized carbons (Fsp3) is 0.375. The van der Waals surface area contributed by atoms with Crippen LogP contribution in [0.2, 0.25) is 5.02 Å². The summed E-state index contributed by atoms with van der Waals surface area (Å²) >= 11 is 5.90. The second-order valence-corrected chi connectivity index (χ2v) is 6.44. The third kappa shape index (κ3) is 4.20. The van der Waals surface area contributed by atoms with Gasteiger partial charge in [-0.2, -0.15) is 5.10 Å². The lowest BCUT2D eigenvalue weighted by Crippen LogP contribution is -2.23. The molecule has 0 aliphatic rings. The molecule has 1 aromatic heterocycles. The standard InChI is InChI=1S/C16H20ClN3/c1-16(2,3)14(10-20-12-18-11-19-20)7-4-13-5-8-15(17)9-6-13/h4-9,11-12,14H,10H2,1-3H3/b7-4-. The monoisotopic (exact) mass is 289 g/mol. The van der Waals surface area contributed by atoms with Crippen molar-refractivity contribution in [2.75, 3.05) is 0 Å². The quantitative estimate of drug-likeness (QED) is 0.840. The first-order chi connectivity index (χ1) is 9.45. The third-order valence-corrected chi connectivity index (χ3v) is 3.61. The number of allylic oxidation sites excluding steroid dienone is 1. The van der Waals surface area contributed by atoms with Gasteiger partial charge in [0.15, 0.2) is 0 Å². The molecule has 1 unspecified atom stereocenters. The molecule has 4 heteroatoms. The Balaban J connectivity index is 2.13. The maximum Gasteiger partial charge on any atom is 0.137 e. The van der Waals surface area contributed by atoms with E-state index in [4.69, 9.17) is 11.6 Å². The van der Waals surface area contributed by atoms with Gasteiger partial charge in [-0.1, -0.05) is 56.7 Å². The Bertz CT molecular complexity index is 550. The van der Waals surface area contributed by atoms with Crippen molar-refractivity contribution in [2.45, 2.75) is 27.3 Å². The van der Waals surface area contributed by atoms with Crippen molar-refractivity contribution >= 4 is 17.7 Å². The van der Waals surface area contributed by atoms with E-state index >= 15 is 0 Å². The molecule has 0 spiro atoms. The van der Waals surface area contributed by atoms with Gasteiger partial charge in [-0.15, -0.1) is 0 Å². The molecule has 20 heavy (non-hydrogen) atoms. The molecule has 2 aromatic rings. The van der Waals surface area contributed by atoms with Crippen molar-refractivity contribution in [3.63, 3.8) is 0 Å². The molecule has 0 aliphatic carbocycles. The second-order valence-electron chi connectivity index (χ2n) is 6.00. The van der Waals surface area contributed by atoms with Gasteiger partial charge in [0, 0.05) is 17.5 Å². The molecule has 0 bridgehead atoms. The number of halogens is 1. The lowest BCUT2D eigenvalue weighted by atomic mass is 9.80. The molecular weight excluding hydrogens is 270 g/mol. The van der Waals surface area contributed by atoms with Crippen LogP contribution in [0.5, 0.6) is 0 Å². The summed E-state index contributed by atoms with van der Waals surface area (Å²) in [5.74, 6) is 0.375. The van der Waals surface area contributed by atoms with E-state index in [2.05, 4.69) is 43.0 Å². The maximum absolute atomic E-state index is 5.90. The fourth-order valence-electron chi connectivity index (χ4n) is 1.95. The van der Waals surface area contributed by atoms with Gasteiger partial charge in [0.05, 0.1) is 0 Å². The Labute approximate surface area is 125 Å². The van der Waals surface area contributed by atoms with Crippen LogP contribution in [0.25, 0.3) is 6.08 Å². The van der Waals surface area contributed by atoms with Gasteiger partial charge in [0.2, 0.25) is 0 Å². The first-order valence-electron chi connectivity index (χ1n) is 6.71. The SMILES string of the molecule is CC(C)(C)C(/C=C\c1ccc(Cl)cc1)Cn1cncn1. The highest BCUT2D eigenvalue weighted by molar-refractivity contribution is 6.30. The van der Waals surface area contributed by atoms with Crippen LogP contribution in [-0.2, 0) is 6.54 Å². The van der Waals surface area contributed by atoms with Crippen LogP contribution >= 0.6 is 11.6 Å². The van der Waals surface area contributed by atoms with Gasteiger partial charge in [-0.25, -0.2) is 4.98 Å². The average molecular weight is 290 g/mol. The van der Waals surface area contributed by atoms with Gasteiger partial charge >= 0.3 is 0 Å². The molecule has 2 rings (SSSR count). The highest BCUT2D eigenvalue weighted by Crippen LogP contribution is 2.29. The highest BCUT2D eigenvalue weighted by atomic mass is 35.5. The summed E-state index contributed by atoms with van der Waals surface area (Å²) in [4.78, 5) is 4.00. The fourth-order valence-corrected chi connectivity index (χ4v) is 2.08. The third-order valence-electron chi connectivity index (χ3n) is 3.35. The summed E-state index contributed by atoms with van der Waals surface area (Å²) in [5.41, 5.74) is 1.32. The number of benzene rings is 1. The van der Waals surface area contributed by atoms with E-state index in [0.29, 0.717) is 5.92 Å². The van der Waals surface area contributed by atoms with Gasteiger partial charge in [0.1, 0.15) is 12.7 Å². The Morgan fingerprint density at radius 2 is 1.95 bits per heavy atom. The summed E-state index contributed by atoms with van der Waals surface area (Å²) < 4.78 is 1.88. The van der Waals surface area contributed by atoms with Crippen molar-refractivity contribution in [1.82, 2.24) is 14.8 Å². The van der Waals surface area contributed by atoms with Gasteiger partial charge in [-0.05, 0) is 23.1 Å². The average Bonchev–Trinajstić information content (AvgIpc) is 2.88. The van der Waals surface area contributed by atoms with E-state index in [0.717, 1.165) is 17.1 Å². The van der Waals surface area contributed by atoms with Gasteiger partial charge in [0.25, 0.3) is 0 Å². The van der Waals surface area contributed by atoms with Crippen LogP contribution in [-0.4, -0.2) is 14.8 Å². The number of rotatable bonds is 4. The minimum Gasteiger partial charge on any atom is -0.252 e. The molecule has 3 nitrogen and oxygen atoms in total. The van der Waals surface area contributed by atoms with E-state index in [1.807, 2.05) is 28.9 Å². The van der Waals surface area contributed by atoms with Crippen LogP contribution in [0, 0.1) is 11.3 Å². The van der Waals surface area contributed by atoms with Crippen molar-refractivity contribution in [1.29, 1.82) is 0 Å². The second kappa shape index (κ2) is 6.23. The van der Waals surface area contributed by atoms with Crippen molar-refractivity contribution in [3.05, 3.63) is 53.6 Å². The van der Waals surface area contributed by atoms with E-state index in [1.165, 1.54) is 0 Å². The number of aromatic nitrogens is 3. The van der Waals surface area contributed by atoms with Gasteiger partial charge < -0.3 is 0 Å². The van der Waals surface area contributed by atoms with E-state index < -0.39 is 0 Å².